The zero-order chi connectivity index (χ0) is 17.7. The molecule has 0 saturated carbocycles. The lowest BCUT2D eigenvalue weighted by Crippen LogP contribution is -2.38. The number of hydrogen-bond acceptors (Lipinski definition) is 4. The van der Waals surface area contributed by atoms with Gasteiger partial charge in [0.2, 0.25) is 0 Å². The average molecular weight is 368 g/mol. The zero-order valence-electron chi connectivity index (χ0n) is 14.0. The molecule has 6 nitrogen and oxygen atoms in total. The van der Waals surface area contributed by atoms with Crippen LogP contribution >= 0.6 is 11.6 Å². The Labute approximate surface area is 154 Å². The molecule has 5 rings (SSSR count). The maximum atomic E-state index is 9.92. The van der Waals surface area contributed by atoms with Crippen LogP contribution in [0.15, 0.2) is 36.4 Å². The molecule has 132 valence electrons. The Hall–Kier alpha value is -2.57. The maximum absolute atomic E-state index is 9.92. The number of aromatic amines is 2. The predicted octanol–water partition coefficient (Wildman–Crippen LogP) is 3.72. The quantitative estimate of drug-likeness (QED) is 0.504. The second-order valence-electron chi connectivity index (χ2n) is 6.79. The standard InChI is InChI=1S/C19H18ClN5O/c20-11-3-5-14-16(8-11)23-24-18(14)19-21-15-6-4-12(9-17(15)22-19)25-7-1-2-13(26)10-25/h3-6,8-9,13,26H,1-2,7,10H2,(H,21,22)(H,23,24). The molecule has 2 aromatic carbocycles. The Kier molecular flexibility index (Phi) is 3.62. The van der Waals surface area contributed by atoms with Crippen LogP contribution in [0.2, 0.25) is 5.02 Å². The first kappa shape index (κ1) is 15.7. The van der Waals surface area contributed by atoms with Gasteiger partial charge in [-0.25, -0.2) is 4.98 Å². The third-order valence-electron chi connectivity index (χ3n) is 4.98. The number of anilines is 1. The van der Waals surface area contributed by atoms with E-state index >= 15 is 0 Å². The lowest BCUT2D eigenvalue weighted by Gasteiger charge is -2.31. The Bertz CT molecular complexity index is 1100. The zero-order valence-corrected chi connectivity index (χ0v) is 14.8. The van der Waals surface area contributed by atoms with Crippen LogP contribution in [0.1, 0.15) is 12.8 Å². The summed E-state index contributed by atoms with van der Waals surface area (Å²) < 4.78 is 0. The molecule has 26 heavy (non-hydrogen) atoms. The molecule has 2 aromatic heterocycles. The van der Waals surface area contributed by atoms with E-state index in [9.17, 15) is 5.11 Å². The summed E-state index contributed by atoms with van der Waals surface area (Å²) in [6, 6.07) is 11.8. The molecule has 0 bridgehead atoms. The predicted molar refractivity (Wildman–Crippen MR) is 104 cm³/mol. The van der Waals surface area contributed by atoms with Gasteiger partial charge >= 0.3 is 0 Å². The minimum absolute atomic E-state index is 0.251. The van der Waals surface area contributed by atoms with Crippen LogP contribution in [0.5, 0.6) is 0 Å². The van der Waals surface area contributed by atoms with Gasteiger partial charge in [-0.2, -0.15) is 5.10 Å². The number of nitrogens with zero attached hydrogens (tertiary/aromatic N) is 3. The molecule has 1 saturated heterocycles. The van der Waals surface area contributed by atoms with Gasteiger partial charge in [0.1, 0.15) is 5.69 Å². The van der Waals surface area contributed by atoms with Crippen molar-refractivity contribution in [2.75, 3.05) is 18.0 Å². The number of halogens is 1. The number of benzene rings is 2. The summed E-state index contributed by atoms with van der Waals surface area (Å²) in [6.45, 7) is 1.64. The Balaban J connectivity index is 1.55. The number of hydrogen-bond donors (Lipinski definition) is 3. The van der Waals surface area contributed by atoms with E-state index in [2.05, 4.69) is 37.2 Å². The fourth-order valence-corrected chi connectivity index (χ4v) is 3.84. The summed E-state index contributed by atoms with van der Waals surface area (Å²) in [6.07, 6.45) is 1.64. The molecular weight excluding hydrogens is 350 g/mol. The molecule has 3 heterocycles. The van der Waals surface area contributed by atoms with Gasteiger partial charge in [-0.1, -0.05) is 11.6 Å². The number of H-pyrrole nitrogens is 2. The number of aliphatic hydroxyl groups excluding tert-OH is 1. The number of aliphatic hydroxyl groups is 1. The molecule has 0 aliphatic carbocycles. The molecule has 3 N–H and O–H groups in total. The van der Waals surface area contributed by atoms with E-state index < -0.39 is 0 Å². The smallest absolute Gasteiger partial charge is 0.159 e. The molecule has 1 unspecified atom stereocenters. The number of aromatic nitrogens is 4. The molecule has 0 radical (unpaired) electrons. The van der Waals surface area contributed by atoms with Crippen molar-refractivity contribution in [1.82, 2.24) is 20.2 Å². The third kappa shape index (κ3) is 2.62. The second kappa shape index (κ2) is 6.00. The van der Waals surface area contributed by atoms with E-state index in [1.165, 1.54) is 0 Å². The van der Waals surface area contributed by atoms with Crippen molar-refractivity contribution in [3.8, 4) is 11.5 Å². The highest BCUT2D eigenvalue weighted by atomic mass is 35.5. The van der Waals surface area contributed by atoms with E-state index in [0.717, 1.165) is 58.5 Å². The van der Waals surface area contributed by atoms with Gasteiger partial charge in [0.05, 0.1) is 22.7 Å². The highest BCUT2D eigenvalue weighted by Crippen LogP contribution is 2.29. The fourth-order valence-electron chi connectivity index (χ4n) is 3.67. The van der Waals surface area contributed by atoms with Crippen molar-refractivity contribution in [2.24, 2.45) is 0 Å². The first-order valence-electron chi connectivity index (χ1n) is 8.74. The van der Waals surface area contributed by atoms with Crippen molar-refractivity contribution in [3.63, 3.8) is 0 Å². The lowest BCUT2D eigenvalue weighted by molar-refractivity contribution is 0.154. The summed E-state index contributed by atoms with van der Waals surface area (Å²) >= 11 is 6.05. The van der Waals surface area contributed by atoms with E-state index in [1.54, 1.807) is 0 Å². The van der Waals surface area contributed by atoms with Crippen molar-refractivity contribution in [2.45, 2.75) is 18.9 Å². The number of imidazole rings is 1. The summed E-state index contributed by atoms with van der Waals surface area (Å²) in [5.41, 5.74) is 4.62. The minimum atomic E-state index is -0.251. The van der Waals surface area contributed by atoms with E-state index in [-0.39, 0.29) is 6.10 Å². The molecule has 1 atom stereocenters. The van der Waals surface area contributed by atoms with Crippen LogP contribution in [-0.2, 0) is 0 Å². The fraction of sp³-hybridized carbons (Fsp3) is 0.263. The van der Waals surface area contributed by atoms with Crippen LogP contribution in [0, 0.1) is 0 Å². The van der Waals surface area contributed by atoms with Crippen LogP contribution in [0.3, 0.4) is 0 Å². The van der Waals surface area contributed by atoms with Gasteiger partial charge in [0.25, 0.3) is 0 Å². The number of β-amino-alcohol motifs (C(OH)–C–C–N with tert-alkyl or cyclic N) is 1. The Morgan fingerprint density at radius 1 is 1.15 bits per heavy atom. The summed E-state index contributed by atoms with van der Waals surface area (Å²) in [5.74, 6) is 0.726. The normalized spacial score (nSPS) is 18.1. The van der Waals surface area contributed by atoms with Gasteiger partial charge < -0.3 is 15.0 Å². The molecule has 0 amide bonds. The van der Waals surface area contributed by atoms with Gasteiger partial charge in [0.15, 0.2) is 5.82 Å². The number of fused-ring (bicyclic) bond motifs is 2. The molecular formula is C19H18ClN5O. The van der Waals surface area contributed by atoms with Gasteiger partial charge in [-0.15, -0.1) is 0 Å². The van der Waals surface area contributed by atoms with Crippen molar-refractivity contribution in [3.05, 3.63) is 41.4 Å². The topological polar surface area (TPSA) is 80.8 Å². The van der Waals surface area contributed by atoms with Crippen LogP contribution in [0.4, 0.5) is 5.69 Å². The van der Waals surface area contributed by atoms with E-state index in [0.29, 0.717) is 11.6 Å². The van der Waals surface area contributed by atoms with E-state index in [1.807, 2.05) is 24.3 Å². The van der Waals surface area contributed by atoms with Gasteiger partial charge in [-0.3, -0.25) is 5.10 Å². The minimum Gasteiger partial charge on any atom is -0.391 e. The first-order chi connectivity index (χ1) is 12.7. The number of rotatable bonds is 2. The van der Waals surface area contributed by atoms with Crippen molar-refractivity contribution in [1.29, 1.82) is 0 Å². The van der Waals surface area contributed by atoms with Crippen molar-refractivity contribution >= 4 is 39.2 Å². The monoisotopic (exact) mass is 367 g/mol. The number of nitrogens with one attached hydrogen (secondary N) is 2. The highest BCUT2D eigenvalue weighted by molar-refractivity contribution is 6.31. The highest BCUT2D eigenvalue weighted by Gasteiger charge is 2.19. The summed E-state index contributed by atoms with van der Waals surface area (Å²) in [7, 11) is 0. The largest absolute Gasteiger partial charge is 0.391 e. The molecule has 1 aliphatic rings. The maximum Gasteiger partial charge on any atom is 0.159 e. The van der Waals surface area contributed by atoms with Crippen LogP contribution in [-0.4, -0.2) is 44.5 Å². The Morgan fingerprint density at radius 2 is 2.08 bits per heavy atom. The molecule has 1 aliphatic heterocycles. The van der Waals surface area contributed by atoms with E-state index in [4.69, 9.17) is 11.6 Å². The first-order valence-corrected chi connectivity index (χ1v) is 9.12. The second-order valence-corrected chi connectivity index (χ2v) is 7.23. The lowest BCUT2D eigenvalue weighted by atomic mass is 10.1. The summed E-state index contributed by atoms with van der Waals surface area (Å²) in [5, 5.41) is 19.0. The Morgan fingerprint density at radius 3 is 2.96 bits per heavy atom. The molecule has 0 spiro atoms. The van der Waals surface area contributed by atoms with Crippen molar-refractivity contribution < 1.29 is 5.11 Å². The van der Waals surface area contributed by atoms with Crippen LogP contribution < -0.4 is 4.90 Å². The average Bonchev–Trinajstić information content (AvgIpc) is 3.24. The molecule has 1 fully saturated rings. The molecule has 7 heteroatoms. The third-order valence-corrected chi connectivity index (χ3v) is 5.21. The SMILES string of the molecule is OC1CCCN(c2ccc3nc(-c4n[nH]c5cc(Cl)ccc45)[nH]c3c2)C1. The van der Waals surface area contributed by atoms with Gasteiger partial charge in [0, 0.05) is 29.2 Å². The number of piperidine rings is 1. The summed E-state index contributed by atoms with van der Waals surface area (Å²) in [4.78, 5) is 10.3. The van der Waals surface area contributed by atoms with Crippen LogP contribution in [0.25, 0.3) is 33.5 Å². The molecule has 4 aromatic rings. The van der Waals surface area contributed by atoms with Gasteiger partial charge in [-0.05, 0) is 49.2 Å².